The number of aromatic nitrogens is 2. The molecule has 0 aliphatic heterocycles. The summed E-state index contributed by atoms with van der Waals surface area (Å²) in [6.07, 6.45) is 4.11. The smallest absolute Gasteiger partial charge is 0.270 e. The van der Waals surface area contributed by atoms with Crippen molar-refractivity contribution in [2.75, 3.05) is 0 Å². The van der Waals surface area contributed by atoms with Gasteiger partial charge in [-0.25, -0.2) is 4.57 Å². The molecule has 1 aliphatic carbocycles. The van der Waals surface area contributed by atoms with Crippen LogP contribution in [0.15, 0.2) is 33.5 Å². The number of fused-ring (bicyclic) bond motifs is 3. The molecule has 122 valence electrons. The zero-order valence-corrected chi connectivity index (χ0v) is 15.8. The molecular weight excluding hydrogens is 408 g/mol. The van der Waals surface area contributed by atoms with Gasteiger partial charge in [0.1, 0.15) is 4.83 Å². The van der Waals surface area contributed by atoms with Crippen molar-refractivity contribution in [3.8, 4) is 0 Å². The van der Waals surface area contributed by atoms with Crippen LogP contribution in [0.25, 0.3) is 10.2 Å². The van der Waals surface area contributed by atoms with Crippen molar-refractivity contribution < 1.29 is 4.79 Å². The Morgan fingerprint density at radius 1 is 1.21 bits per heavy atom. The number of H-pyrrole nitrogens is 1. The molecule has 0 saturated heterocycles. The van der Waals surface area contributed by atoms with E-state index in [0.29, 0.717) is 10.9 Å². The molecule has 24 heavy (non-hydrogen) atoms. The van der Waals surface area contributed by atoms with Gasteiger partial charge in [-0.05, 0) is 67.7 Å². The monoisotopic (exact) mass is 420 g/mol. The van der Waals surface area contributed by atoms with Crippen LogP contribution in [0, 0.1) is 4.77 Å². The van der Waals surface area contributed by atoms with E-state index >= 15 is 0 Å². The van der Waals surface area contributed by atoms with Crippen molar-refractivity contribution in [3.05, 3.63) is 59.9 Å². The lowest BCUT2D eigenvalue weighted by Crippen LogP contribution is -2.29. The fraction of sp³-hybridized carbons (Fsp3) is 0.235. The number of rotatable bonds is 1. The first-order chi connectivity index (χ1) is 11.6. The number of nitrogens with zero attached hydrogens (tertiary/aromatic N) is 1. The highest BCUT2D eigenvalue weighted by Crippen LogP contribution is 2.33. The van der Waals surface area contributed by atoms with Gasteiger partial charge in [0.25, 0.3) is 11.5 Å². The van der Waals surface area contributed by atoms with E-state index in [1.165, 1.54) is 4.88 Å². The summed E-state index contributed by atoms with van der Waals surface area (Å²) < 4.78 is 2.11. The average molecular weight is 421 g/mol. The minimum Gasteiger partial charge on any atom is -0.323 e. The molecule has 0 atom stereocenters. The molecule has 7 heteroatoms. The van der Waals surface area contributed by atoms with Crippen LogP contribution >= 0.6 is 39.5 Å². The number of aromatic amines is 1. The number of hydrogen-bond donors (Lipinski definition) is 1. The molecule has 1 aromatic carbocycles. The van der Waals surface area contributed by atoms with Crippen molar-refractivity contribution in [2.24, 2.45) is 0 Å². The summed E-state index contributed by atoms with van der Waals surface area (Å²) in [5.74, 6) is -0.397. The Kier molecular flexibility index (Phi) is 4.02. The van der Waals surface area contributed by atoms with E-state index in [4.69, 9.17) is 12.2 Å². The van der Waals surface area contributed by atoms with Crippen molar-refractivity contribution in [3.63, 3.8) is 0 Å². The van der Waals surface area contributed by atoms with E-state index < -0.39 is 5.91 Å². The third kappa shape index (κ3) is 2.51. The lowest BCUT2D eigenvalue weighted by molar-refractivity contribution is 0.0953. The summed E-state index contributed by atoms with van der Waals surface area (Å²) >= 11 is 10.2. The lowest BCUT2D eigenvalue weighted by Gasteiger charge is -2.10. The lowest BCUT2D eigenvalue weighted by atomic mass is 9.97. The molecule has 0 bridgehead atoms. The van der Waals surface area contributed by atoms with Gasteiger partial charge in [0.2, 0.25) is 0 Å². The molecule has 2 heterocycles. The Balaban J connectivity index is 1.95. The first-order valence-electron chi connectivity index (χ1n) is 7.66. The third-order valence-electron chi connectivity index (χ3n) is 4.31. The van der Waals surface area contributed by atoms with Gasteiger partial charge < -0.3 is 4.98 Å². The molecule has 0 fully saturated rings. The first-order valence-corrected chi connectivity index (χ1v) is 9.68. The topological polar surface area (TPSA) is 54.9 Å². The summed E-state index contributed by atoms with van der Waals surface area (Å²) in [6, 6.07) is 6.91. The molecule has 1 N–H and O–H groups in total. The number of thiophene rings is 1. The first kappa shape index (κ1) is 15.9. The van der Waals surface area contributed by atoms with Crippen molar-refractivity contribution in [1.82, 2.24) is 9.55 Å². The van der Waals surface area contributed by atoms with Crippen LogP contribution in [0.4, 0.5) is 0 Å². The highest BCUT2D eigenvalue weighted by molar-refractivity contribution is 9.10. The second-order valence-corrected chi connectivity index (χ2v) is 8.21. The molecule has 3 aromatic rings. The summed E-state index contributed by atoms with van der Waals surface area (Å²) in [5, 5.41) is 0.633. The second-order valence-electron chi connectivity index (χ2n) is 5.80. The van der Waals surface area contributed by atoms with Crippen molar-refractivity contribution in [2.45, 2.75) is 25.7 Å². The molecule has 1 aliphatic rings. The Morgan fingerprint density at radius 3 is 2.67 bits per heavy atom. The maximum atomic E-state index is 13.0. The Morgan fingerprint density at radius 2 is 1.92 bits per heavy atom. The van der Waals surface area contributed by atoms with Crippen LogP contribution in [-0.4, -0.2) is 15.5 Å². The van der Waals surface area contributed by atoms with Gasteiger partial charge in [0.15, 0.2) is 4.77 Å². The van der Waals surface area contributed by atoms with Gasteiger partial charge in [-0.2, -0.15) is 0 Å². The van der Waals surface area contributed by atoms with Gasteiger partial charge in [0.05, 0.1) is 5.39 Å². The van der Waals surface area contributed by atoms with E-state index in [1.807, 2.05) is 0 Å². The van der Waals surface area contributed by atoms with Gasteiger partial charge >= 0.3 is 0 Å². The number of nitrogens with one attached hydrogen (secondary N) is 1. The number of carbonyl (C=O) groups excluding carboxylic acids is 1. The van der Waals surface area contributed by atoms with E-state index in [1.54, 1.807) is 35.6 Å². The number of carbonyl (C=O) groups is 1. The van der Waals surface area contributed by atoms with E-state index in [-0.39, 0.29) is 10.3 Å². The molecule has 0 amide bonds. The minimum absolute atomic E-state index is 0.152. The summed E-state index contributed by atoms with van der Waals surface area (Å²) in [6.45, 7) is 0. The van der Waals surface area contributed by atoms with Gasteiger partial charge in [-0.1, -0.05) is 15.9 Å². The van der Waals surface area contributed by atoms with E-state index in [2.05, 4.69) is 20.9 Å². The van der Waals surface area contributed by atoms with Crippen LogP contribution in [-0.2, 0) is 12.8 Å². The van der Waals surface area contributed by atoms with E-state index in [9.17, 15) is 9.59 Å². The van der Waals surface area contributed by atoms with Crippen molar-refractivity contribution in [1.29, 1.82) is 0 Å². The summed E-state index contributed by atoms with van der Waals surface area (Å²) in [5.41, 5.74) is 1.22. The highest BCUT2D eigenvalue weighted by Gasteiger charge is 2.22. The fourth-order valence-corrected chi connectivity index (χ4v) is 5.02. The van der Waals surface area contributed by atoms with Crippen molar-refractivity contribution >= 4 is 55.6 Å². The molecule has 0 spiro atoms. The SMILES string of the molecule is O=C(c1ccc(Br)cc1)n1c(=S)[nH]c2sc3c(c2c1=O)CCCC3. The molecule has 2 aromatic heterocycles. The highest BCUT2D eigenvalue weighted by atomic mass is 79.9. The van der Waals surface area contributed by atoms with Crippen LogP contribution < -0.4 is 5.56 Å². The van der Waals surface area contributed by atoms with Crippen LogP contribution in [0.1, 0.15) is 33.6 Å². The molecule has 0 saturated carbocycles. The van der Waals surface area contributed by atoms with Gasteiger partial charge in [-0.15, -0.1) is 11.3 Å². The Hall–Kier alpha value is -1.57. The quantitative estimate of drug-likeness (QED) is 0.591. The Bertz CT molecular complexity index is 1080. The normalized spacial score (nSPS) is 13.9. The third-order valence-corrected chi connectivity index (χ3v) is 6.33. The van der Waals surface area contributed by atoms with Gasteiger partial charge in [-0.3, -0.25) is 9.59 Å². The summed E-state index contributed by atoms with van der Waals surface area (Å²) in [4.78, 5) is 30.9. The largest absolute Gasteiger partial charge is 0.323 e. The Labute approximate surface area is 155 Å². The number of aryl methyl sites for hydroxylation is 2. The molecular formula is C17H13BrN2O2S2. The molecule has 0 unspecified atom stereocenters. The standard InChI is InChI=1S/C17H13BrN2O2S2/c18-10-7-5-9(6-8-10)15(21)20-16(22)13-11-3-1-2-4-12(11)24-14(13)19-17(20)23/h5-8H,1-4H2,(H,19,23). The van der Waals surface area contributed by atoms with Crippen LogP contribution in [0.2, 0.25) is 0 Å². The second kappa shape index (κ2) is 6.06. The summed E-state index contributed by atoms with van der Waals surface area (Å²) in [7, 11) is 0. The molecule has 4 rings (SSSR count). The maximum absolute atomic E-state index is 13.0. The minimum atomic E-state index is -0.397. The van der Waals surface area contributed by atoms with Gasteiger partial charge in [0, 0.05) is 14.9 Å². The van der Waals surface area contributed by atoms with E-state index in [0.717, 1.165) is 45.1 Å². The zero-order chi connectivity index (χ0) is 16.8. The predicted molar refractivity (Wildman–Crippen MR) is 102 cm³/mol. The maximum Gasteiger partial charge on any atom is 0.270 e. The van der Waals surface area contributed by atoms with Crippen LogP contribution in [0.5, 0.6) is 0 Å². The number of hydrogen-bond acceptors (Lipinski definition) is 4. The average Bonchev–Trinajstić information content (AvgIpc) is 2.93. The zero-order valence-electron chi connectivity index (χ0n) is 12.6. The van der Waals surface area contributed by atoms with Crippen LogP contribution in [0.3, 0.4) is 0 Å². The number of halogens is 1. The molecule has 0 radical (unpaired) electrons. The predicted octanol–water partition coefficient (Wildman–Crippen LogP) is 4.45. The number of benzene rings is 1. The molecule has 4 nitrogen and oxygen atoms in total. The fourth-order valence-electron chi connectivity index (χ4n) is 3.14.